The smallest absolute Gasteiger partial charge is 0.397 e. The number of anilines is 1. The second-order valence-electron chi connectivity index (χ2n) is 3.24. The summed E-state index contributed by atoms with van der Waals surface area (Å²) < 4.78 is 35.8. The fourth-order valence-corrected chi connectivity index (χ4v) is 0.935. The number of nitrogens with zero attached hydrogens (tertiary/aromatic N) is 1. The minimum atomic E-state index is -4.76. The molecule has 0 aliphatic rings. The molecule has 102 valence electrons. The van der Waals surface area contributed by atoms with E-state index in [-0.39, 0.29) is 18.1 Å². The van der Waals surface area contributed by atoms with E-state index in [4.69, 9.17) is 10.8 Å². The number of hydrogen-bond acceptors (Lipinski definition) is 4. The van der Waals surface area contributed by atoms with E-state index in [2.05, 4.69) is 4.98 Å². The molecule has 0 saturated carbocycles. The van der Waals surface area contributed by atoms with Crippen LogP contribution >= 0.6 is 12.4 Å². The lowest BCUT2D eigenvalue weighted by atomic mass is 10.3. The lowest BCUT2D eigenvalue weighted by molar-refractivity contribution is -0.201. The van der Waals surface area contributed by atoms with Crippen LogP contribution in [0.25, 0.3) is 0 Å². The number of carbonyl (C=O) groups excluding carboxylic acids is 1. The van der Waals surface area contributed by atoms with Crippen molar-refractivity contribution in [2.45, 2.75) is 12.3 Å². The highest BCUT2D eigenvalue weighted by molar-refractivity contribution is 5.92. The van der Waals surface area contributed by atoms with Gasteiger partial charge < -0.3 is 16.2 Å². The van der Waals surface area contributed by atoms with Gasteiger partial charge in [-0.15, -0.1) is 12.4 Å². The van der Waals surface area contributed by atoms with E-state index in [1.54, 1.807) is 0 Å². The zero-order valence-electron chi connectivity index (χ0n) is 8.94. The molecule has 0 aliphatic carbocycles. The van der Waals surface area contributed by atoms with E-state index in [9.17, 15) is 18.0 Å². The molecule has 1 rings (SSSR count). The number of nitrogens with one attached hydrogen (secondary N) is 1. The first-order chi connectivity index (χ1) is 7.80. The normalized spacial score (nSPS) is 12.4. The SMILES string of the molecule is Cl.Nc1ccc(C(=O)NCC(O)C(F)(F)F)nc1. The van der Waals surface area contributed by atoms with Crippen molar-refractivity contribution in [1.29, 1.82) is 0 Å². The summed E-state index contributed by atoms with van der Waals surface area (Å²) in [5, 5.41) is 10.6. The van der Waals surface area contributed by atoms with Crippen molar-refractivity contribution < 1.29 is 23.1 Å². The van der Waals surface area contributed by atoms with Crippen molar-refractivity contribution in [3.05, 3.63) is 24.0 Å². The summed E-state index contributed by atoms with van der Waals surface area (Å²) >= 11 is 0. The van der Waals surface area contributed by atoms with Gasteiger partial charge in [-0.25, -0.2) is 4.98 Å². The van der Waals surface area contributed by atoms with Crippen LogP contribution in [0.15, 0.2) is 18.3 Å². The minimum absolute atomic E-state index is 0. The van der Waals surface area contributed by atoms with Crippen molar-refractivity contribution in [2.24, 2.45) is 0 Å². The van der Waals surface area contributed by atoms with Crippen LogP contribution in [0.5, 0.6) is 0 Å². The van der Waals surface area contributed by atoms with Crippen LogP contribution in [-0.4, -0.2) is 34.8 Å². The molecule has 1 amide bonds. The highest BCUT2D eigenvalue weighted by Crippen LogP contribution is 2.19. The molecule has 1 aromatic rings. The van der Waals surface area contributed by atoms with Crippen LogP contribution in [0.3, 0.4) is 0 Å². The molecule has 18 heavy (non-hydrogen) atoms. The van der Waals surface area contributed by atoms with Gasteiger partial charge in [0.05, 0.1) is 18.4 Å². The van der Waals surface area contributed by atoms with Crippen molar-refractivity contribution >= 4 is 24.0 Å². The summed E-state index contributed by atoms with van der Waals surface area (Å²) in [6, 6.07) is 2.66. The fourth-order valence-electron chi connectivity index (χ4n) is 0.935. The van der Waals surface area contributed by atoms with Gasteiger partial charge in [0.2, 0.25) is 0 Å². The maximum atomic E-state index is 11.9. The zero-order chi connectivity index (χ0) is 13.1. The van der Waals surface area contributed by atoms with Crippen LogP contribution in [0.2, 0.25) is 0 Å². The molecule has 0 radical (unpaired) electrons. The standard InChI is InChI=1S/C9H10F3N3O2.ClH/c10-9(11,12)7(16)4-15-8(17)6-2-1-5(13)3-14-6;/h1-3,7,16H,4,13H2,(H,15,17);1H. The molecule has 0 saturated heterocycles. The Hall–Kier alpha value is -1.54. The van der Waals surface area contributed by atoms with Crippen LogP contribution in [0.4, 0.5) is 18.9 Å². The summed E-state index contributed by atoms with van der Waals surface area (Å²) in [7, 11) is 0. The molecular weight excluding hydrogens is 275 g/mol. The molecule has 0 aromatic carbocycles. The summed E-state index contributed by atoms with van der Waals surface area (Å²) in [6.45, 7) is -0.922. The predicted octanol–water partition coefficient (Wildman–Crippen LogP) is 0.739. The van der Waals surface area contributed by atoms with E-state index < -0.39 is 24.7 Å². The Balaban J connectivity index is 0.00000289. The molecule has 0 spiro atoms. The highest BCUT2D eigenvalue weighted by Gasteiger charge is 2.38. The second-order valence-corrected chi connectivity index (χ2v) is 3.24. The Morgan fingerprint density at radius 1 is 1.50 bits per heavy atom. The second kappa shape index (κ2) is 6.41. The predicted molar refractivity (Wildman–Crippen MR) is 60.3 cm³/mol. The third-order valence-corrected chi connectivity index (χ3v) is 1.85. The number of aliphatic hydroxyl groups is 1. The van der Waals surface area contributed by atoms with Gasteiger partial charge in [0.1, 0.15) is 5.69 Å². The molecule has 4 N–H and O–H groups in total. The minimum Gasteiger partial charge on any atom is -0.397 e. The van der Waals surface area contributed by atoms with Crippen LogP contribution in [0.1, 0.15) is 10.5 Å². The van der Waals surface area contributed by atoms with E-state index in [1.807, 2.05) is 5.32 Å². The Morgan fingerprint density at radius 2 is 2.11 bits per heavy atom. The van der Waals surface area contributed by atoms with E-state index in [1.165, 1.54) is 18.3 Å². The third kappa shape index (κ3) is 4.76. The molecule has 9 heteroatoms. The van der Waals surface area contributed by atoms with E-state index in [0.717, 1.165) is 0 Å². The first-order valence-electron chi connectivity index (χ1n) is 4.55. The summed E-state index contributed by atoms with van der Waals surface area (Å²) in [4.78, 5) is 14.9. The first kappa shape index (κ1) is 16.5. The number of pyridine rings is 1. The molecule has 1 aromatic heterocycles. The highest BCUT2D eigenvalue weighted by atomic mass is 35.5. The molecule has 0 aliphatic heterocycles. The number of aliphatic hydroxyl groups excluding tert-OH is 1. The van der Waals surface area contributed by atoms with Gasteiger partial charge in [-0.2, -0.15) is 13.2 Å². The van der Waals surface area contributed by atoms with Gasteiger partial charge in [-0.1, -0.05) is 0 Å². The van der Waals surface area contributed by atoms with Gasteiger partial charge in [-0.3, -0.25) is 4.79 Å². The van der Waals surface area contributed by atoms with Gasteiger partial charge in [0, 0.05) is 0 Å². The Morgan fingerprint density at radius 3 is 2.56 bits per heavy atom. The van der Waals surface area contributed by atoms with Crippen molar-refractivity contribution in [3.8, 4) is 0 Å². The zero-order valence-corrected chi connectivity index (χ0v) is 9.76. The molecule has 0 bridgehead atoms. The van der Waals surface area contributed by atoms with Gasteiger partial charge in [-0.05, 0) is 12.1 Å². The quantitative estimate of drug-likeness (QED) is 0.764. The monoisotopic (exact) mass is 285 g/mol. The van der Waals surface area contributed by atoms with E-state index >= 15 is 0 Å². The third-order valence-electron chi connectivity index (χ3n) is 1.85. The molecular formula is C9H11ClF3N3O2. The summed E-state index contributed by atoms with van der Waals surface area (Å²) in [5.74, 6) is -0.812. The van der Waals surface area contributed by atoms with Gasteiger partial charge >= 0.3 is 6.18 Å². The van der Waals surface area contributed by atoms with Crippen molar-refractivity contribution in [1.82, 2.24) is 10.3 Å². The topological polar surface area (TPSA) is 88.2 Å². The van der Waals surface area contributed by atoms with Crippen LogP contribution in [-0.2, 0) is 0 Å². The molecule has 1 heterocycles. The maximum absolute atomic E-state index is 11.9. The largest absolute Gasteiger partial charge is 0.416 e. The molecule has 1 atom stereocenters. The van der Waals surface area contributed by atoms with Crippen LogP contribution < -0.4 is 11.1 Å². The average molecular weight is 286 g/mol. The number of halogens is 4. The number of rotatable bonds is 3. The fraction of sp³-hybridized carbons (Fsp3) is 0.333. The van der Waals surface area contributed by atoms with Gasteiger partial charge in [0.15, 0.2) is 6.10 Å². The Bertz CT molecular complexity index is 397. The summed E-state index contributed by atoms with van der Waals surface area (Å²) in [5.41, 5.74) is 5.58. The van der Waals surface area contributed by atoms with Crippen LogP contribution in [0, 0.1) is 0 Å². The summed E-state index contributed by atoms with van der Waals surface area (Å²) in [6.07, 6.45) is -6.16. The van der Waals surface area contributed by atoms with Crippen molar-refractivity contribution in [2.75, 3.05) is 12.3 Å². The molecule has 1 unspecified atom stereocenters. The number of nitrogens with two attached hydrogens (primary N) is 1. The first-order valence-corrected chi connectivity index (χ1v) is 4.55. The number of alkyl halides is 3. The number of amides is 1. The lowest BCUT2D eigenvalue weighted by Crippen LogP contribution is -2.40. The number of hydrogen-bond donors (Lipinski definition) is 3. The number of carbonyl (C=O) groups is 1. The van der Waals surface area contributed by atoms with E-state index in [0.29, 0.717) is 5.69 Å². The van der Waals surface area contributed by atoms with Crippen molar-refractivity contribution in [3.63, 3.8) is 0 Å². The molecule has 0 fully saturated rings. The number of nitrogen functional groups attached to an aromatic ring is 1. The maximum Gasteiger partial charge on any atom is 0.416 e. The molecule has 5 nitrogen and oxygen atoms in total. The Labute approximate surface area is 107 Å². The average Bonchev–Trinajstić information content (AvgIpc) is 2.25. The Kier molecular flexibility index (Phi) is 5.86. The van der Waals surface area contributed by atoms with Gasteiger partial charge in [0.25, 0.3) is 5.91 Å². The lowest BCUT2D eigenvalue weighted by Gasteiger charge is -2.14. The number of aromatic nitrogens is 1.